The van der Waals surface area contributed by atoms with Crippen molar-refractivity contribution in [3.63, 3.8) is 0 Å². The summed E-state index contributed by atoms with van der Waals surface area (Å²) in [6, 6.07) is 10.9. The molecule has 1 heterocycles. The zero-order chi connectivity index (χ0) is 20.1. The van der Waals surface area contributed by atoms with Crippen LogP contribution in [0.3, 0.4) is 0 Å². The van der Waals surface area contributed by atoms with E-state index in [9.17, 15) is 9.59 Å². The van der Waals surface area contributed by atoms with Gasteiger partial charge in [-0.1, -0.05) is 19.1 Å². The number of aromatic nitrogens is 1. The Labute approximate surface area is 164 Å². The van der Waals surface area contributed by atoms with E-state index in [-0.39, 0.29) is 30.6 Å². The lowest BCUT2D eigenvalue weighted by atomic mass is 10.0. The largest absolute Gasteiger partial charge is 0.491 e. The van der Waals surface area contributed by atoms with Crippen LogP contribution in [0.2, 0.25) is 0 Å². The maximum absolute atomic E-state index is 12.7. The Bertz CT molecular complexity index is 865. The van der Waals surface area contributed by atoms with Crippen LogP contribution in [0.5, 0.6) is 5.75 Å². The highest BCUT2D eigenvalue weighted by Crippen LogP contribution is 2.41. The zero-order valence-corrected chi connectivity index (χ0v) is 16.3. The van der Waals surface area contributed by atoms with Crippen LogP contribution in [0.25, 0.3) is 0 Å². The average molecular weight is 382 g/mol. The Hall–Kier alpha value is -2.73. The molecule has 0 saturated heterocycles. The Balaban J connectivity index is 1.83. The van der Waals surface area contributed by atoms with Crippen molar-refractivity contribution >= 4 is 11.7 Å². The van der Waals surface area contributed by atoms with Gasteiger partial charge in [0.05, 0.1) is 6.61 Å². The smallest absolute Gasteiger partial charge is 0.269 e. The van der Waals surface area contributed by atoms with Gasteiger partial charge in [-0.15, -0.1) is 0 Å². The van der Waals surface area contributed by atoms with Gasteiger partial charge in [0.25, 0.3) is 5.91 Å². The number of hydrogen-bond acceptors (Lipinski definition) is 5. The molecular weight excluding hydrogens is 356 g/mol. The molecule has 1 amide bonds. The average Bonchev–Trinajstić information content (AvgIpc) is 3.40. The lowest BCUT2D eigenvalue weighted by Crippen LogP contribution is -2.20. The first-order valence-corrected chi connectivity index (χ1v) is 9.59. The maximum Gasteiger partial charge on any atom is 0.269 e. The summed E-state index contributed by atoms with van der Waals surface area (Å²) in [5, 5.41) is 11.5. The minimum atomic E-state index is -0.310. The number of ketones is 1. The molecule has 0 radical (unpaired) electrons. The van der Waals surface area contributed by atoms with Gasteiger partial charge in [0, 0.05) is 31.1 Å². The van der Waals surface area contributed by atoms with Gasteiger partial charge in [-0.05, 0) is 48.1 Å². The van der Waals surface area contributed by atoms with Crippen LogP contribution in [-0.4, -0.2) is 42.0 Å². The fourth-order valence-corrected chi connectivity index (χ4v) is 3.24. The normalized spacial score (nSPS) is 17.8. The minimum absolute atomic E-state index is 0.0506. The second-order valence-electron chi connectivity index (χ2n) is 7.31. The molecule has 0 aliphatic heterocycles. The molecule has 0 spiro atoms. The van der Waals surface area contributed by atoms with Crippen molar-refractivity contribution in [1.29, 1.82) is 0 Å². The Morgan fingerprint density at radius 1 is 1.29 bits per heavy atom. The molecule has 1 fully saturated rings. The molecule has 2 aromatic rings. The first kappa shape index (κ1) is 20.0. The highest BCUT2D eigenvalue weighted by Gasteiger charge is 2.34. The number of Topliss-reactive ketones (excluding diaryl/α,β-unsaturated/α-hetero) is 1. The zero-order valence-electron chi connectivity index (χ0n) is 16.3. The van der Waals surface area contributed by atoms with E-state index in [0.717, 1.165) is 12.0 Å². The highest BCUT2D eigenvalue weighted by atomic mass is 16.5. The molecule has 1 aliphatic rings. The molecule has 28 heavy (non-hydrogen) atoms. The van der Waals surface area contributed by atoms with Crippen molar-refractivity contribution in [2.75, 3.05) is 20.3 Å². The molecule has 6 heteroatoms. The van der Waals surface area contributed by atoms with Gasteiger partial charge in [-0.25, -0.2) is 4.98 Å². The molecule has 1 aliphatic carbocycles. The van der Waals surface area contributed by atoms with E-state index in [0.29, 0.717) is 41.7 Å². The molecule has 2 atom stereocenters. The number of carbonyl (C=O) groups is 2. The van der Waals surface area contributed by atoms with Gasteiger partial charge in [-0.3, -0.25) is 9.59 Å². The molecule has 6 nitrogen and oxygen atoms in total. The summed E-state index contributed by atoms with van der Waals surface area (Å²) >= 11 is 0. The number of benzene rings is 1. The van der Waals surface area contributed by atoms with E-state index in [4.69, 9.17) is 9.84 Å². The SMILES string of the molecule is CNC(=O)c1cc(C(=O)C[C@H]2C[C@@H]2C)cc(Cc2cccc(OCCO)c2)n1. The van der Waals surface area contributed by atoms with Crippen molar-refractivity contribution in [2.24, 2.45) is 11.8 Å². The van der Waals surface area contributed by atoms with Crippen molar-refractivity contribution in [2.45, 2.75) is 26.2 Å². The summed E-state index contributed by atoms with van der Waals surface area (Å²) in [6.07, 6.45) is 2.08. The predicted molar refractivity (Wildman–Crippen MR) is 106 cm³/mol. The lowest BCUT2D eigenvalue weighted by molar-refractivity contribution is 0.0958. The Morgan fingerprint density at radius 3 is 2.75 bits per heavy atom. The van der Waals surface area contributed by atoms with Crippen molar-refractivity contribution < 1.29 is 19.4 Å². The van der Waals surface area contributed by atoms with E-state index >= 15 is 0 Å². The molecule has 3 rings (SSSR count). The van der Waals surface area contributed by atoms with Crippen LogP contribution in [0, 0.1) is 11.8 Å². The molecule has 1 aromatic carbocycles. The van der Waals surface area contributed by atoms with Gasteiger partial charge in [0.15, 0.2) is 5.78 Å². The number of carbonyl (C=O) groups excluding carboxylic acids is 2. The van der Waals surface area contributed by atoms with Gasteiger partial charge in [0.2, 0.25) is 0 Å². The maximum atomic E-state index is 12.7. The first-order valence-electron chi connectivity index (χ1n) is 9.59. The predicted octanol–water partition coefficient (Wildman–Crippen LogP) is 2.63. The summed E-state index contributed by atoms with van der Waals surface area (Å²) in [5.41, 5.74) is 2.40. The van der Waals surface area contributed by atoms with E-state index in [1.165, 1.54) is 0 Å². The minimum Gasteiger partial charge on any atom is -0.491 e. The summed E-state index contributed by atoms with van der Waals surface area (Å²) < 4.78 is 5.45. The molecular formula is C22H26N2O4. The number of nitrogens with one attached hydrogen (secondary N) is 1. The second-order valence-corrected chi connectivity index (χ2v) is 7.31. The molecule has 0 bridgehead atoms. The first-order chi connectivity index (χ1) is 13.5. The van der Waals surface area contributed by atoms with Crippen LogP contribution in [0.15, 0.2) is 36.4 Å². The monoisotopic (exact) mass is 382 g/mol. The summed E-state index contributed by atoms with van der Waals surface area (Å²) in [5.74, 6) is 1.46. The molecule has 148 valence electrons. The van der Waals surface area contributed by atoms with Crippen molar-refractivity contribution in [3.05, 3.63) is 58.9 Å². The van der Waals surface area contributed by atoms with Crippen LogP contribution < -0.4 is 10.1 Å². The number of nitrogens with zero attached hydrogens (tertiary/aromatic N) is 1. The molecule has 2 N–H and O–H groups in total. The number of aliphatic hydroxyl groups excluding tert-OH is 1. The number of amides is 1. The Morgan fingerprint density at radius 2 is 2.07 bits per heavy atom. The quantitative estimate of drug-likeness (QED) is 0.651. The fraction of sp³-hybridized carbons (Fsp3) is 0.409. The second kappa shape index (κ2) is 8.97. The fourth-order valence-electron chi connectivity index (χ4n) is 3.24. The Kier molecular flexibility index (Phi) is 6.41. The summed E-state index contributed by atoms with van der Waals surface area (Å²) in [4.78, 5) is 29.2. The van der Waals surface area contributed by atoms with Crippen LogP contribution >= 0.6 is 0 Å². The number of hydrogen-bond donors (Lipinski definition) is 2. The van der Waals surface area contributed by atoms with Crippen LogP contribution in [0.1, 0.15) is 51.9 Å². The van der Waals surface area contributed by atoms with E-state index < -0.39 is 0 Å². The highest BCUT2D eigenvalue weighted by molar-refractivity contribution is 6.00. The number of ether oxygens (including phenoxy) is 1. The van der Waals surface area contributed by atoms with Gasteiger partial charge in [0.1, 0.15) is 18.1 Å². The molecule has 1 aromatic heterocycles. The van der Waals surface area contributed by atoms with Gasteiger partial charge in [-0.2, -0.15) is 0 Å². The third kappa shape index (κ3) is 5.16. The lowest BCUT2D eigenvalue weighted by Gasteiger charge is -2.10. The molecule has 0 unspecified atom stereocenters. The third-order valence-corrected chi connectivity index (χ3v) is 5.03. The van der Waals surface area contributed by atoms with Gasteiger partial charge >= 0.3 is 0 Å². The van der Waals surface area contributed by atoms with E-state index in [1.807, 2.05) is 24.3 Å². The molecule has 1 saturated carbocycles. The van der Waals surface area contributed by atoms with Crippen LogP contribution in [-0.2, 0) is 6.42 Å². The van der Waals surface area contributed by atoms with Gasteiger partial charge < -0.3 is 15.2 Å². The van der Waals surface area contributed by atoms with Crippen molar-refractivity contribution in [3.8, 4) is 5.75 Å². The number of rotatable bonds is 9. The number of aliphatic hydroxyl groups is 1. The third-order valence-electron chi connectivity index (χ3n) is 5.03. The summed E-state index contributed by atoms with van der Waals surface area (Å²) in [7, 11) is 1.55. The van der Waals surface area contributed by atoms with Crippen LogP contribution in [0.4, 0.5) is 0 Å². The van der Waals surface area contributed by atoms with E-state index in [2.05, 4.69) is 17.2 Å². The van der Waals surface area contributed by atoms with Crippen molar-refractivity contribution in [1.82, 2.24) is 10.3 Å². The standard InChI is InChI=1S/C22H26N2O4/c1-14-8-16(14)13-21(26)17-11-18(24-20(12-17)22(27)23-2)9-15-4-3-5-19(10-15)28-7-6-25/h3-5,10-12,14,16,25H,6-9,13H2,1-2H3,(H,23,27)/t14-,16+/m0/s1. The topological polar surface area (TPSA) is 88.5 Å². The summed E-state index contributed by atoms with van der Waals surface area (Å²) in [6.45, 7) is 2.33. The number of pyridine rings is 1. The van der Waals surface area contributed by atoms with E-state index in [1.54, 1.807) is 19.2 Å².